The molecule has 1 aliphatic heterocycles. The highest BCUT2D eigenvalue weighted by atomic mass is 16.2. The summed E-state index contributed by atoms with van der Waals surface area (Å²) in [5.41, 5.74) is 0.733. The Morgan fingerprint density at radius 1 is 1.12 bits per heavy atom. The molecule has 130 valence electrons. The van der Waals surface area contributed by atoms with Crippen molar-refractivity contribution in [1.29, 1.82) is 0 Å². The molecule has 6 heteroatoms. The van der Waals surface area contributed by atoms with Gasteiger partial charge in [-0.3, -0.25) is 9.36 Å². The highest BCUT2D eigenvalue weighted by Gasteiger charge is 2.26. The van der Waals surface area contributed by atoms with E-state index in [0.29, 0.717) is 18.5 Å². The van der Waals surface area contributed by atoms with E-state index in [9.17, 15) is 9.59 Å². The number of benzene rings is 1. The summed E-state index contributed by atoms with van der Waals surface area (Å²) in [4.78, 5) is 31.3. The Morgan fingerprint density at radius 3 is 2.60 bits per heavy atom. The van der Waals surface area contributed by atoms with E-state index in [0.717, 1.165) is 31.2 Å². The largest absolute Gasteiger partial charge is 0.335 e. The SMILES string of the molecule is O=C(NC1CC=CC1)N1CCC(n2cnc3ccccc3c2=O)CC1. The van der Waals surface area contributed by atoms with E-state index < -0.39 is 0 Å². The van der Waals surface area contributed by atoms with Crippen LogP contribution in [0, 0.1) is 0 Å². The highest BCUT2D eigenvalue weighted by molar-refractivity contribution is 5.77. The first-order valence-corrected chi connectivity index (χ1v) is 8.88. The number of hydrogen-bond acceptors (Lipinski definition) is 3. The van der Waals surface area contributed by atoms with Gasteiger partial charge < -0.3 is 10.2 Å². The van der Waals surface area contributed by atoms with Crippen molar-refractivity contribution in [3.8, 4) is 0 Å². The molecule has 1 N–H and O–H groups in total. The molecule has 1 aromatic carbocycles. The van der Waals surface area contributed by atoms with Crippen molar-refractivity contribution < 1.29 is 4.79 Å². The van der Waals surface area contributed by atoms with Crippen LogP contribution in [0.15, 0.2) is 47.5 Å². The number of amides is 2. The predicted molar refractivity (Wildman–Crippen MR) is 96.5 cm³/mol. The molecule has 2 aliphatic rings. The molecule has 0 spiro atoms. The summed E-state index contributed by atoms with van der Waals surface area (Å²) in [5, 5.41) is 3.73. The van der Waals surface area contributed by atoms with E-state index in [-0.39, 0.29) is 23.7 Å². The molecular formula is C19H22N4O2. The van der Waals surface area contributed by atoms with Crippen molar-refractivity contribution in [2.24, 2.45) is 0 Å². The maximum absolute atomic E-state index is 12.7. The molecule has 2 amide bonds. The number of fused-ring (bicyclic) bond motifs is 1. The van der Waals surface area contributed by atoms with E-state index in [1.165, 1.54) is 0 Å². The second-order valence-electron chi connectivity index (χ2n) is 6.78. The van der Waals surface area contributed by atoms with Crippen LogP contribution in [0.5, 0.6) is 0 Å². The van der Waals surface area contributed by atoms with Gasteiger partial charge >= 0.3 is 6.03 Å². The summed E-state index contributed by atoms with van der Waals surface area (Å²) >= 11 is 0. The van der Waals surface area contributed by atoms with E-state index >= 15 is 0 Å². The van der Waals surface area contributed by atoms with Crippen LogP contribution in [-0.4, -0.2) is 39.6 Å². The zero-order chi connectivity index (χ0) is 17.2. The molecule has 1 aromatic heterocycles. The zero-order valence-electron chi connectivity index (χ0n) is 14.1. The monoisotopic (exact) mass is 338 g/mol. The molecule has 0 bridgehead atoms. The van der Waals surface area contributed by atoms with Gasteiger partial charge in [-0.15, -0.1) is 0 Å². The fourth-order valence-electron chi connectivity index (χ4n) is 3.69. The molecule has 1 aliphatic carbocycles. The van der Waals surface area contributed by atoms with E-state index in [2.05, 4.69) is 22.5 Å². The van der Waals surface area contributed by atoms with Crippen LogP contribution in [0.25, 0.3) is 10.9 Å². The molecule has 6 nitrogen and oxygen atoms in total. The topological polar surface area (TPSA) is 67.2 Å². The predicted octanol–water partition coefficient (Wildman–Crippen LogP) is 2.46. The number of piperidine rings is 1. The van der Waals surface area contributed by atoms with Crippen LogP contribution >= 0.6 is 0 Å². The average Bonchev–Trinajstić information content (AvgIpc) is 3.15. The lowest BCUT2D eigenvalue weighted by Gasteiger charge is -2.33. The van der Waals surface area contributed by atoms with Crippen molar-refractivity contribution in [3.05, 3.63) is 53.1 Å². The minimum atomic E-state index is 0.00512. The number of para-hydroxylation sites is 1. The lowest BCUT2D eigenvalue weighted by molar-refractivity contribution is 0.167. The molecule has 0 unspecified atom stereocenters. The molecule has 2 heterocycles. The molecule has 4 rings (SSSR count). The third-order valence-electron chi connectivity index (χ3n) is 5.17. The number of rotatable bonds is 2. The zero-order valence-corrected chi connectivity index (χ0v) is 14.1. The van der Waals surface area contributed by atoms with Gasteiger partial charge in [0.25, 0.3) is 5.56 Å². The van der Waals surface area contributed by atoms with Gasteiger partial charge in [0.15, 0.2) is 0 Å². The van der Waals surface area contributed by atoms with Gasteiger partial charge in [-0.05, 0) is 37.8 Å². The van der Waals surface area contributed by atoms with E-state index in [1.807, 2.05) is 29.2 Å². The third kappa shape index (κ3) is 3.16. The molecule has 25 heavy (non-hydrogen) atoms. The Bertz CT molecular complexity index is 857. The van der Waals surface area contributed by atoms with Gasteiger partial charge in [0.1, 0.15) is 0 Å². The van der Waals surface area contributed by atoms with Crippen molar-refractivity contribution in [3.63, 3.8) is 0 Å². The quantitative estimate of drug-likeness (QED) is 0.856. The number of carbonyl (C=O) groups is 1. The van der Waals surface area contributed by atoms with Gasteiger partial charge in [0.2, 0.25) is 0 Å². The van der Waals surface area contributed by atoms with Crippen molar-refractivity contribution in [2.45, 2.75) is 37.8 Å². The van der Waals surface area contributed by atoms with E-state index in [1.54, 1.807) is 10.9 Å². The first-order valence-electron chi connectivity index (χ1n) is 8.88. The van der Waals surface area contributed by atoms with Crippen LogP contribution in [0.1, 0.15) is 31.7 Å². The fraction of sp³-hybridized carbons (Fsp3) is 0.421. The van der Waals surface area contributed by atoms with Crippen molar-refractivity contribution in [2.75, 3.05) is 13.1 Å². The molecule has 0 saturated carbocycles. The average molecular weight is 338 g/mol. The van der Waals surface area contributed by atoms with Crippen LogP contribution in [0.2, 0.25) is 0 Å². The summed E-state index contributed by atoms with van der Waals surface area (Å²) in [6, 6.07) is 7.76. The Balaban J connectivity index is 1.42. The van der Waals surface area contributed by atoms with Gasteiger partial charge in [-0.25, -0.2) is 9.78 Å². The van der Waals surface area contributed by atoms with Crippen LogP contribution in [-0.2, 0) is 0 Å². The first-order chi connectivity index (χ1) is 12.2. The molecule has 2 aromatic rings. The number of likely N-dealkylation sites (tertiary alicyclic amines) is 1. The van der Waals surface area contributed by atoms with Crippen LogP contribution in [0.3, 0.4) is 0 Å². The van der Waals surface area contributed by atoms with Gasteiger partial charge in [-0.1, -0.05) is 24.3 Å². The minimum Gasteiger partial charge on any atom is -0.335 e. The number of nitrogens with zero attached hydrogens (tertiary/aromatic N) is 3. The Hall–Kier alpha value is -2.63. The van der Waals surface area contributed by atoms with Crippen molar-refractivity contribution >= 4 is 16.9 Å². The van der Waals surface area contributed by atoms with Crippen LogP contribution < -0.4 is 10.9 Å². The fourth-order valence-corrected chi connectivity index (χ4v) is 3.69. The summed E-state index contributed by atoms with van der Waals surface area (Å²) in [7, 11) is 0. The maximum Gasteiger partial charge on any atom is 0.317 e. The Morgan fingerprint density at radius 2 is 1.84 bits per heavy atom. The molecule has 1 fully saturated rings. The molecule has 0 atom stereocenters. The lowest BCUT2D eigenvalue weighted by Crippen LogP contribution is -2.48. The first kappa shape index (κ1) is 15.9. The minimum absolute atomic E-state index is 0.00512. The summed E-state index contributed by atoms with van der Waals surface area (Å²) < 4.78 is 1.73. The smallest absolute Gasteiger partial charge is 0.317 e. The Kier molecular flexibility index (Phi) is 4.26. The summed E-state index contributed by atoms with van der Waals surface area (Å²) in [5.74, 6) is 0. The summed E-state index contributed by atoms with van der Waals surface area (Å²) in [6.45, 7) is 1.33. The highest BCUT2D eigenvalue weighted by Crippen LogP contribution is 2.22. The van der Waals surface area contributed by atoms with Gasteiger partial charge in [0, 0.05) is 25.2 Å². The van der Waals surface area contributed by atoms with E-state index in [4.69, 9.17) is 0 Å². The lowest BCUT2D eigenvalue weighted by atomic mass is 10.0. The molecule has 1 saturated heterocycles. The second kappa shape index (κ2) is 6.70. The standard InChI is InChI=1S/C19H22N4O2/c24-18-16-7-3-4-8-17(16)20-13-23(18)15-9-11-22(12-10-15)19(25)21-14-5-1-2-6-14/h1-4,7-8,13-15H,5-6,9-12H2,(H,21,25). The van der Waals surface area contributed by atoms with Gasteiger partial charge in [-0.2, -0.15) is 0 Å². The number of hydrogen-bond donors (Lipinski definition) is 1. The van der Waals surface area contributed by atoms with Crippen molar-refractivity contribution in [1.82, 2.24) is 19.8 Å². The second-order valence-corrected chi connectivity index (χ2v) is 6.78. The summed E-state index contributed by atoms with van der Waals surface area (Å²) in [6.07, 6.45) is 9.25. The molecular weight excluding hydrogens is 316 g/mol. The maximum atomic E-state index is 12.7. The number of carbonyl (C=O) groups excluding carboxylic acids is 1. The molecule has 0 radical (unpaired) electrons. The number of urea groups is 1. The third-order valence-corrected chi connectivity index (χ3v) is 5.17. The van der Waals surface area contributed by atoms with Gasteiger partial charge in [0.05, 0.1) is 17.2 Å². The number of aromatic nitrogens is 2. The normalized spacial score (nSPS) is 18.8. The number of nitrogens with one attached hydrogen (secondary N) is 1. The Labute approximate surface area is 146 Å². The van der Waals surface area contributed by atoms with Crippen LogP contribution in [0.4, 0.5) is 4.79 Å².